The van der Waals surface area contributed by atoms with Crippen LogP contribution in [0.1, 0.15) is 348 Å². The van der Waals surface area contributed by atoms with Crippen molar-refractivity contribution in [3.63, 3.8) is 0 Å². The second-order valence-electron chi connectivity index (χ2n) is 24.8. The summed E-state index contributed by atoms with van der Waals surface area (Å²) >= 11 is 0. The van der Waals surface area contributed by atoms with E-state index in [1.54, 1.807) is 0 Å². The van der Waals surface area contributed by atoms with Gasteiger partial charge in [0.2, 0.25) is 0 Å². The number of ether oxygens (including phenoxy) is 4. The summed E-state index contributed by atoms with van der Waals surface area (Å²) in [6.07, 6.45) is 73.1. The van der Waals surface area contributed by atoms with E-state index in [-0.39, 0.29) is 32.2 Å². The SMILES string of the molecule is CCCCCC/C=C\C/C=C\CCCCCCCCCC(=O)OC(COC(=O)CCCCCCCCCCCCCCCCCCCCCCCCCCCCCCCCCCCCCC)COC(OCC[N+](C)(C)C)C(=O)O. The third-order valence-corrected chi connectivity index (χ3v) is 15.7. The maximum absolute atomic E-state index is 12.9. The zero-order valence-corrected chi connectivity index (χ0v) is 53.3. The van der Waals surface area contributed by atoms with Gasteiger partial charge in [-0.15, -0.1) is 0 Å². The molecule has 9 heteroatoms. The molecule has 466 valence electrons. The highest BCUT2D eigenvalue weighted by molar-refractivity contribution is 5.71. The first kappa shape index (κ1) is 76.8. The second-order valence-corrected chi connectivity index (χ2v) is 24.8. The van der Waals surface area contributed by atoms with Gasteiger partial charge in [0, 0.05) is 12.8 Å². The standard InChI is InChI=1S/C70H133NO8/c1-6-8-10-12-14-16-18-20-22-24-26-27-28-29-30-31-32-33-34-35-36-37-38-39-40-41-42-43-45-46-48-50-52-54-56-58-60-67(72)77-64-66(65-78-70(69(74)75)76-63-62-71(3,4)5)79-68(73)61-59-57-55-53-51-49-47-44-25-23-21-19-17-15-13-11-9-7-2/h17,19,23,25,66,70H,6-16,18,20-22,24,26-65H2,1-5H3/p+1/b19-17-,25-23-. The van der Waals surface area contributed by atoms with E-state index < -0.39 is 24.3 Å². The number of nitrogens with zero attached hydrogens (tertiary/aromatic N) is 1. The van der Waals surface area contributed by atoms with Crippen LogP contribution in [-0.4, -0.2) is 87.4 Å². The number of aliphatic carboxylic acids is 1. The van der Waals surface area contributed by atoms with Gasteiger partial charge < -0.3 is 28.5 Å². The number of rotatable bonds is 65. The molecule has 0 bridgehead atoms. The summed E-state index contributed by atoms with van der Waals surface area (Å²) in [4.78, 5) is 37.5. The van der Waals surface area contributed by atoms with Crippen molar-refractivity contribution < 1.29 is 42.9 Å². The average Bonchev–Trinajstić information content (AvgIpc) is 3.42. The Morgan fingerprint density at radius 1 is 0.380 bits per heavy atom. The number of likely N-dealkylation sites (N-methyl/N-ethyl adjacent to an activating group) is 1. The largest absolute Gasteiger partial charge is 0.477 e. The van der Waals surface area contributed by atoms with Crippen molar-refractivity contribution in [2.75, 3.05) is 47.5 Å². The molecule has 1 N–H and O–H groups in total. The summed E-state index contributed by atoms with van der Waals surface area (Å²) in [5.41, 5.74) is 0. The molecule has 0 aliphatic heterocycles. The van der Waals surface area contributed by atoms with E-state index in [2.05, 4.69) is 38.2 Å². The maximum atomic E-state index is 12.9. The van der Waals surface area contributed by atoms with Crippen molar-refractivity contribution >= 4 is 17.9 Å². The molecule has 79 heavy (non-hydrogen) atoms. The molecule has 2 unspecified atom stereocenters. The molecular formula is C70H134NO8+. The smallest absolute Gasteiger partial charge is 0.361 e. The molecule has 0 rings (SSSR count). The fourth-order valence-electron chi connectivity index (χ4n) is 10.4. The minimum absolute atomic E-state index is 0.180. The van der Waals surface area contributed by atoms with Crippen molar-refractivity contribution in [2.45, 2.75) is 360 Å². The third kappa shape index (κ3) is 63.2. The molecule has 0 fully saturated rings. The van der Waals surface area contributed by atoms with Crippen molar-refractivity contribution in [3.05, 3.63) is 24.3 Å². The Hall–Kier alpha value is -2.23. The van der Waals surface area contributed by atoms with Gasteiger partial charge in [-0.25, -0.2) is 4.79 Å². The molecule has 0 heterocycles. The first-order valence-electron chi connectivity index (χ1n) is 34.5. The molecule has 0 radical (unpaired) electrons. The molecular weight excluding hydrogens is 983 g/mol. The van der Waals surface area contributed by atoms with E-state index in [9.17, 15) is 19.5 Å². The Morgan fingerprint density at radius 2 is 0.684 bits per heavy atom. The first-order chi connectivity index (χ1) is 38.6. The number of unbranched alkanes of at least 4 members (excludes halogenated alkanes) is 46. The number of hydrogen-bond donors (Lipinski definition) is 1. The molecule has 0 spiro atoms. The monoisotopic (exact) mass is 1120 g/mol. The van der Waals surface area contributed by atoms with E-state index >= 15 is 0 Å². The van der Waals surface area contributed by atoms with Gasteiger partial charge in [-0.3, -0.25) is 9.59 Å². The number of carbonyl (C=O) groups is 3. The van der Waals surface area contributed by atoms with Crippen LogP contribution >= 0.6 is 0 Å². The van der Waals surface area contributed by atoms with E-state index in [0.717, 1.165) is 51.4 Å². The number of quaternary nitrogens is 1. The summed E-state index contributed by atoms with van der Waals surface area (Å²) in [5, 5.41) is 9.72. The van der Waals surface area contributed by atoms with Crippen molar-refractivity contribution in [1.29, 1.82) is 0 Å². The molecule has 0 aromatic carbocycles. The molecule has 0 amide bonds. The van der Waals surface area contributed by atoms with Gasteiger partial charge in [0.25, 0.3) is 6.29 Å². The van der Waals surface area contributed by atoms with E-state index in [1.165, 1.54) is 263 Å². The minimum Gasteiger partial charge on any atom is -0.477 e. The van der Waals surface area contributed by atoms with Crippen molar-refractivity contribution in [3.8, 4) is 0 Å². The summed E-state index contributed by atoms with van der Waals surface area (Å²) in [7, 11) is 5.98. The lowest BCUT2D eigenvalue weighted by molar-refractivity contribution is -0.870. The lowest BCUT2D eigenvalue weighted by Crippen LogP contribution is -2.40. The number of carboxylic acids is 1. The Labute approximate surface area is 490 Å². The zero-order valence-electron chi connectivity index (χ0n) is 53.3. The van der Waals surface area contributed by atoms with E-state index in [4.69, 9.17) is 18.9 Å². The van der Waals surface area contributed by atoms with E-state index in [1.807, 2.05) is 21.1 Å². The quantitative estimate of drug-likeness (QED) is 0.0211. The fourth-order valence-corrected chi connectivity index (χ4v) is 10.4. The van der Waals surface area contributed by atoms with Crippen LogP contribution < -0.4 is 0 Å². The summed E-state index contributed by atoms with van der Waals surface area (Å²) in [6, 6.07) is 0. The van der Waals surface area contributed by atoms with Gasteiger partial charge >= 0.3 is 17.9 Å². The molecule has 0 saturated heterocycles. The lowest BCUT2D eigenvalue weighted by atomic mass is 10.0. The predicted molar refractivity (Wildman–Crippen MR) is 337 cm³/mol. The molecule has 0 aromatic rings. The van der Waals surface area contributed by atoms with E-state index in [0.29, 0.717) is 23.9 Å². The zero-order chi connectivity index (χ0) is 57.6. The molecule has 9 nitrogen and oxygen atoms in total. The molecule has 0 saturated carbocycles. The van der Waals surface area contributed by atoms with Gasteiger partial charge in [0.1, 0.15) is 13.2 Å². The highest BCUT2D eigenvalue weighted by Gasteiger charge is 2.25. The third-order valence-electron chi connectivity index (χ3n) is 15.7. The van der Waals surface area contributed by atoms with Crippen LogP contribution in [0.25, 0.3) is 0 Å². The summed E-state index contributed by atoms with van der Waals surface area (Å²) in [5.74, 6) is -1.99. The van der Waals surface area contributed by atoms with Crippen molar-refractivity contribution in [2.24, 2.45) is 0 Å². The Morgan fingerprint density at radius 3 is 1.01 bits per heavy atom. The number of esters is 2. The maximum Gasteiger partial charge on any atom is 0.361 e. The molecule has 0 aromatic heterocycles. The van der Waals surface area contributed by atoms with Crippen LogP contribution in [0.15, 0.2) is 24.3 Å². The second kappa shape index (κ2) is 61.8. The van der Waals surface area contributed by atoms with Gasteiger partial charge in [-0.2, -0.15) is 0 Å². The topological polar surface area (TPSA) is 108 Å². The first-order valence-corrected chi connectivity index (χ1v) is 34.5. The van der Waals surface area contributed by atoms with Crippen LogP contribution in [0.3, 0.4) is 0 Å². The van der Waals surface area contributed by atoms with Gasteiger partial charge in [0.15, 0.2) is 6.10 Å². The van der Waals surface area contributed by atoms with Crippen LogP contribution in [0.4, 0.5) is 0 Å². The molecule has 0 aliphatic rings. The Bertz CT molecular complexity index is 1340. The lowest BCUT2D eigenvalue weighted by Gasteiger charge is -2.25. The molecule has 0 aliphatic carbocycles. The number of carboxylic acid groups (broad SMARTS) is 1. The van der Waals surface area contributed by atoms with Gasteiger partial charge in [-0.1, -0.05) is 314 Å². The van der Waals surface area contributed by atoms with Gasteiger partial charge in [-0.05, 0) is 44.9 Å². The van der Waals surface area contributed by atoms with Crippen LogP contribution in [0, 0.1) is 0 Å². The number of hydrogen-bond acceptors (Lipinski definition) is 7. The van der Waals surface area contributed by atoms with Gasteiger partial charge in [0.05, 0.1) is 34.4 Å². The highest BCUT2D eigenvalue weighted by atomic mass is 16.7. The molecule has 2 atom stereocenters. The fraction of sp³-hybridized carbons (Fsp3) is 0.900. The minimum atomic E-state index is -1.51. The average molecular weight is 1120 g/mol. The van der Waals surface area contributed by atoms with Crippen LogP contribution in [0.2, 0.25) is 0 Å². The van der Waals surface area contributed by atoms with Crippen molar-refractivity contribution in [1.82, 2.24) is 0 Å². The predicted octanol–water partition coefficient (Wildman–Crippen LogP) is 21.0. The van der Waals surface area contributed by atoms with Crippen LogP contribution in [0.5, 0.6) is 0 Å². The van der Waals surface area contributed by atoms with Crippen LogP contribution in [-0.2, 0) is 33.3 Å². The Balaban J connectivity index is 3.97. The summed E-state index contributed by atoms with van der Waals surface area (Å²) in [6.45, 7) is 4.91. The summed E-state index contributed by atoms with van der Waals surface area (Å²) < 4.78 is 22.9. The highest BCUT2D eigenvalue weighted by Crippen LogP contribution is 2.19. The number of carbonyl (C=O) groups excluding carboxylic acids is 2. The normalized spacial score (nSPS) is 12.8. The Kier molecular flexibility index (Phi) is 60.1. The number of allylic oxidation sites excluding steroid dienone is 4.